The molecular formula is C15H26O3. The maximum atomic E-state index is 11.2. The van der Waals surface area contributed by atoms with Gasteiger partial charge in [-0.2, -0.15) is 0 Å². The maximum Gasteiger partial charge on any atom is 0.103 e. The molecule has 4 saturated carbocycles. The quantitative estimate of drug-likeness (QED) is 0.667. The highest BCUT2D eigenvalue weighted by atomic mass is 16.4. The molecule has 104 valence electrons. The average Bonchev–Trinajstić information content (AvgIpc) is 2.21. The molecule has 3 heteroatoms. The van der Waals surface area contributed by atoms with E-state index in [-0.39, 0.29) is 17.3 Å². The molecule has 6 atom stereocenters. The summed E-state index contributed by atoms with van der Waals surface area (Å²) in [5, 5.41) is 32.6. The Morgan fingerprint density at radius 2 is 1.72 bits per heavy atom. The molecule has 4 rings (SSSR count). The smallest absolute Gasteiger partial charge is 0.103 e. The van der Waals surface area contributed by atoms with Crippen LogP contribution in [0.2, 0.25) is 0 Å². The summed E-state index contributed by atoms with van der Waals surface area (Å²) in [5.74, 6) is 0.345. The highest BCUT2D eigenvalue weighted by Gasteiger charge is 2.84. The lowest BCUT2D eigenvalue weighted by Crippen LogP contribution is -2.89. The minimum absolute atomic E-state index is 0.133. The van der Waals surface area contributed by atoms with Crippen LogP contribution >= 0.6 is 0 Å². The molecule has 4 aliphatic rings. The van der Waals surface area contributed by atoms with Crippen LogP contribution in [0.25, 0.3) is 0 Å². The number of hydrogen-bond donors (Lipinski definition) is 3. The second kappa shape index (κ2) is 3.13. The van der Waals surface area contributed by atoms with E-state index in [0.29, 0.717) is 12.3 Å². The molecule has 0 radical (unpaired) electrons. The molecule has 0 heterocycles. The lowest BCUT2D eigenvalue weighted by Gasteiger charge is -2.80. The Bertz CT molecular complexity index is 384. The van der Waals surface area contributed by atoms with Crippen LogP contribution in [0.3, 0.4) is 0 Å². The molecule has 0 spiro atoms. The summed E-state index contributed by atoms with van der Waals surface area (Å²) < 4.78 is 0. The molecule has 0 aromatic rings. The fourth-order valence-electron chi connectivity index (χ4n) is 5.95. The predicted molar refractivity (Wildman–Crippen MR) is 68.9 cm³/mol. The standard InChI is InChI=1S/C15H26O3/c1-9-5-8-14(17)13(4)7-6-10(12(2,3)16)15(14,18)11(9)13/h9-11,16-18H,5-8H2,1-4H3. The summed E-state index contributed by atoms with van der Waals surface area (Å²) in [6.07, 6.45) is 3.37. The molecule has 4 fully saturated rings. The number of rotatable bonds is 1. The van der Waals surface area contributed by atoms with Crippen molar-refractivity contribution in [3.05, 3.63) is 0 Å². The Balaban J connectivity index is 2.10. The van der Waals surface area contributed by atoms with Gasteiger partial charge in [0.1, 0.15) is 5.60 Å². The molecule has 18 heavy (non-hydrogen) atoms. The molecule has 0 aromatic heterocycles. The topological polar surface area (TPSA) is 60.7 Å². The fourth-order valence-corrected chi connectivity index (χ4v) is 5.95. The zero-order chi connectivity index (χ0) is 13.6. The summed E-state index contributed by atoms with van der Waals surface area (Å²) in [6.45, 7) is 7.84. The van der Waals surface area contributed by atoms with E-state index >= 15 is 0 Å². The van der Waals surface area contributed by atoms with Crippen molar-refractivity contribution < 1.29 is 15.3 Å². The van der Waals surface area contributed by atoms with Crippen LogP contribution in [-0.4, -0.2) is 32.1 Å². The van der Waals surface area contributed by atoms with Gasteiger partial charge in [0.15, 0.2) is 0 Å². The first-order valence-electron chi connectivity index (χ1n) is 7.26. The van der Waals surface area contributed by atoms with Gasteiger partial charge in [0, 0.05) is 17.3 Å². The summed E-state index contributed by atoms with van der Waals surface area (Å²) in [5.41, 5.74) is -3.16. The summed E-state index contributed by atoms with van der Waals surface area (Å²) in [4.78, 5) is 0. The van der Waals surface area contributed by atoms with Crippen molar-refractivity contribution in [3.8, 4) is 0 Å². The van der Waals surface area contributed by atoms with Crippen molar-refractivity contribution in [2.45, 2.75) is 70.2 Å². The van der Waals surface area contributed by atoms with Gasteiger partial charge in [0.05, 0.1) is 11.2 Å². The van der Waals surface area contributed by atoms with Crippen LogP contribution in [0, 0.1) is 23.2 Å². The molecule has 6 unspecified atom stereocenters. The summed E-state index contributed by atoms with van der Waals surface area (Å²) in [6, 6.07) is 0. The molecule has 0 saturated heterocycles. The fraction of sp³-hybridized carbons (Fsp3) is 1.00. The van der Waals surface area contributed by atoms with Gasteiger partial charge >= 0.3 is 0 Å². The first kappa shape index (κ1) is 12.9. The monoisotopic (exact) mass is 254 g/mol. The van der Waals surface area contributed by atoms with Crippen LogP contribution in [0.4, 0.5) is 0 Å². The second-order valence-corrected chi connectivity index (χ2v) is 7.84. The number of fused-ring (bicyclic) bond motifs is 2. The minimum Gasteiger partial charge on any atom is -0.390 e. The third-order valence-electron chi connectivity index (χ3n) is 6.63. The Labute approximate surface area is 109 Å². The van der Waals surface area contributed by atoms with Gasteiger partial charge in [0.25, 0.3) is 0 Å². The van der Waals surface area contributed by atoms with E-state index in [0.717, 1.165) is 19.3 Å². The average molecular weight is 254 g/mol. The van der Waals surface area contributed by atoms with Crippen LogP contribution in [0.1, 0.15) is 53.4 Å². The maximum absolute atomic E-state index is 11.2. The predicted octanol–water partition coefficient (Wildman–Crippen LogP) is 1.70. The summed E-state index contributed by atoms with van der Waals surface area (Å²) >= 11 is 0. The van der Waals surface area contributed by atoms with Gasteiger partial charge in [-0.05, 0) is 45.4 Å². The van der Waals surface area contributed by atoms with Crippen LogP contribution in [-0.2, 0) is 0 Å². The third-order valence-corrected chi connectivity index (χ3v) is 6.63. The molecule has 4 bridgehead atoms. The molecule has 4 aliphatic carbocycles. The van der Waals surface area contributed by atoms with Gasteiger partial charge < -0.3 is 15.3 Å². The summed E-state index contributed by atoms with van der Waals surface area (Å²) in [7, 11) is 0. The van der Waals surface area contributed by atoms with Crippen molar-refractivity contribution >= 4 is 0 Å². The van der Waals surface area contributed by atoms with E-state index in [9.17, 15) is 15.3 Å². The highest BCUT2D eigenvalue weighted by Crippen LogP contribution is 2.77. The van der Waals surface area contributed by atoms with Gasteiger partial charge in [-0.3, -0.25) is 0 Å². The van der Waals surface area contributed by atoms with E-state index in [2.05, 4.69) is 13.8 Å². The Hall–Kier alpha value is -0.120. The van der Waals surface area contributed by atoms with Gasteiger partial charge in [-0.1, -0.05) is 13.8 Å². The Kier molecular flexibility index (Phi) is 2.24. The van der Waals surface area contributed by atoms with Crippen molar-refractivity contribution in [3.63, 3.8) is 0 Å². The highest BCUT2D eigenvalue weighted by molar-refractivity contribution is 5.34. The number of aliphatic hydroxyl groups is 3. The lowest BCUT2D eigenvalue weighted by molar-refractivity contribution is -0.430. The van der Waals surface area contributed by atoms with E-state index < -0.39 is 16.8 Å². The molecule has 3 N–H and O–H groups in total. The van der Waals surface area contributed by atoms with E-state index in [4.69, 9.17) is 0 Å². The van der Waals surface area contributed by atoms with Gasteiger partial charge in [-0.15, -0.1) is 0 Å². The molecule has 0 aliphatic heterocycles. The van der Waals surface area contributed by atoms with Gasteiger partial charge in [0.2, 0.25) is 0 Å². The third kappa shape index (κ3) is 1.05. The number of hydrogen-bond acceptors (Lipinski definition) is 3. The Morgan fingerprint density at radius 3 is 2.28 bits per heavy atom. The molecule has 0 aromatic carbocycles. The molecular weight excluding hydrogens is 228 g/mol. The largest absolute Gasteiger partial charge is 0.390 e. The first-order valence-corrected chi connectivity index (χ1v) is 7.26. The van der Waals surface area contributed by atoms with E-state index in [1.807, 2.05) is 0 Å². The minimum atomic E-state index is -1.09. The van der Waals surface area contributed by atoms with Crippen molar-refractivity contribution in [1.29, 1.82) is 0 Å². The van der Waals surface area contributed by atoms with Gasteiger partial charge in [-0.25, -0.2) is 0 Å². The van der Waals surface area contributed by atoms with E-state index in [1.165, 1.54) is 0 Å². The van der Waals surface area contributed by atoms with Crippen LogP contribution in [0.15, 0.2) is 0 Å². The lowest BCUT2D eigenvalue weighted by atomic mass is 9.27. The zero-order valence-corrected chi connectivity index (χ0v) is 11.9. The normalized spacial score (nSPS) is 59.2. The SMILES string of the molecule is CC1CCC2(O)C3(C)CCC(C(C)(C)O)C2(O)C13. The molecule has 0 amide bonds. The van der Waals surface area contributed by atoms with Crippen molar-refractivity contribution in [2.24, 2.45) is 23.2 Å². The molecule has 3 nitrogen and oxygen atoms in total. The second-order valence-electron chi connectivity index (χ2n) is 7.84. The van der Waals surface area contributed by atoms with Crippen molar-refractivity contribution in [1.82, 2.24) is 0 Å². The Morgan fingerprint density at radius 1 is 1.11 bits per heavy atom. The van der Waals surface area contributed by atoms with E-state index in [1.54, 1.807) is 13.8 Å². The zero-order valence-electron chi connectivity index (χ0n) is 11.9. The van der Waals surface area contributed by atoms with Crippen LogP contribution < -0.4 is 0 Å². The van der Waals surface area contributed by atoms with Crippen LogP contribution in [0.5, 0.6) is 0 Å². The van der Waals surface area contributed by atoms with Crippen molar-refractivity contribution in [2.75, 3.05) is 0 Å². The first-order chi connectivity index (χ1) is 8.09.